The number of hydrogen-bond acceptors (Lipinski definition) is 1. The van der Waals surface area contributed by atoms with Gasteiger partial charge >= 0.3 is 0 Å². The van der Waals surface area contributed by atoms with Crippen molar-refractivity contribution < 1.29 is 0 Å². The van der Waals surface area contributed by atoms with Gasteiger partial charge in [-0.2, -0.15) is 0 Å². The highest BCUT2D eigenvalue weighted by molar-refractivity contribution is 5.02. The van der Waals surface area contributed by atoms with Gasteiger partial charge in [-0.15, -0.1) is 0 Å². The molecule has 0 spiro atoms. The van der Waals surface area contributed by atoms with Crippen LogP contribution in [0, 0.1) is 35.0 Å². The summed E-state index contributed by atoms with van der Waals surface area (Å²) in [6, 6.07) is 0.363. The van der Waals surface area contributed by atoms with Crippen LogP contribution in [0.15, 0.2) is 0 Å². The predicted molar refractivity (Wildman–Crippen MR) is 72.6 cm³/mol. The first-order valence-electron chi connectivity index (χ1n) is 7.71. The van der Waals surface area contributed by atoms with Crippen molar-refractivity contribution in [3.8, 4) is 0 Å². The van der Waals surface area contributed by atoms with Crippen molar-refractivity contribution in [1.82, 2.24) is 0 Å². The maximum absolute atomic E-state index is 6.07. The molecule has 4 bridgehead atoms. The highest BCUT2D eigenvalue weighted by atomic mass is 14.6. The van der Waals surface area contributed by atoms with E-state index < -0.39 is 0 Å². The zero-order chi connectivity index (χ0) is 12.2. The van der Waals surface area contributed by atoms with Gasteiger partial charge in [0.15, 0.2) is 0 Å². The standard InChI is InChI=1S/C16H29N/c1-10(17)9-16(2,3)15-13-5-11-4-12(7-13)8-14(15)6-11/h10-15H,4-9,17H2,1-3H3. The van der Waals surface area contributed by atoms with Crippen LogP contribution in [0.5, 0.6) is 0 Å². The molecular weight excluding hydrogens is 206 g/mol. The molecule has 0 radical (unpaired) electrons. The third-order valence-electron chi connectivity index (χ3n) is 5.98. The second-order valence-corrected chi connectivity index (χ2v) is 8.13. The molecule has 4 rings (SSSR count). The lowest BCUT2D eigenvalue weighted by Crippen LogP contribution is -2.51. The summed E-state index contributed by atoms with van der Waals surface area (Å²) in [5, 5.41) is 0. The smallest absolute Gasteiger partial charge is 0.00156 e. The van der Waals surface area contributed by atoms with Crippen LogP contribution in [0.2, 0.25) is 0 Å². The summed E-state index contributed by atoms with van der Waals surface area (Å²) in [5.74, 6) is 5.25. The average molecular weight is 235 g/mol. The Kier molecular flexibility index (Phi) is 2.81. The zero-order valence-electron chi connectivity index (χ0n) is 11.8. The van der Waals surface area contributed by atoms with Gasteiger partial charge in [0, 0.05) is 6.04 Å². The van der Waals surface area contributed by atoms with Crippen molar-refractivity contribution in [2.24, 2.45) is 40.7 Å². The molecule has 1 nitrogen and oxygen atoms in total. The van der Waals surface area contributed by atoms with Gasteiger partial charge in [0.1, 0.15) is 0 Å². The van der Waals surface area contributed by atoms with Crippen LogP contribution in [0.3, 0.4) is 0 Å². The van der Waals surface area contributed by atoms with E-state index in [9.17, 15) is 0 Å². The first-order chi connectivity index (χ1) is 7.95. The van der Waals surface area contributed by atoms with Crippen LogP contribution >= 0.6 is 0 Å². The van der Waals surface area contributed by atoms with E-state index in [1.165, 1.54) is 6.42 Å². The topological polar surface area (TPSA) is 26.0 Å². The van der Waals surface area contributed by atoms with Crippen LogP contribution in [-0.4, -0.2) is 6.04 Å². The molecule has 4 aliphatic carbocycles. The summed E-state index contributed by atoms with van der Waals surface area (Å²) < 4.78 is 0. The molecule has 4 fully saturated rings. The lowest BCUT2D eigenvalue weighted by Gasteiger charge is -2.59. The Bertz CT molecular complexity index is 264. The van der Waals surface area contributed by atoms with Gasteiger partial charge in [0.05, 0.1) is 0 Å². The van der Waals surface area contributed by atoms with Crippen LogP contribution < -0.4 is 5.73 Å². The molecule has 98 valence electrons. The lowest BCUT2D eigenvalue weighted by molar-refractivity contribution is -0.0897. The summed E-state index contributed by atoms with van der Waals surface area (Å²) in [5.41, 5.74) is 6.54. The Morgan fingerprint density at radius 3 is 1.88 bits per heavy atom. The van der Waals surface area contributed by atoms with Gasteiger partial charge in [0.25, 0.3) is 0 Å². The number of nitrogens with two attached hydrogens (primary N) is 1. The largest absolute Gasteiger partial charge is 0.328 e. The van der Waals surface area contributed by atoms with Crippen molar-refractivity contribution in [1.29, 1.82) is 0 Å². The molecule has 0 amide bonds. The summed E-state index contributed by atoms with van der Waals surface area (Å²) in [6.45, 7) is 7.16. The van der Waals surface area contributed by atoms with Gasteiger partial charge in [-0.25, -0.2) is 0 Å². The van der Waals surface area contributed by atoms with Crippen LogP contribution in [0.4, 0.5) is 0 Å². The minimum Gasteiger partial charge on any atom is -0.328 e. The Morgan fingerprint density at radius 2 is 1.47 bits per heavy atom. The van der Waals surface area contributed by atoms with Gasteiger partial charge in [-0.3, -0.25) is 0 Å². The quantitative estimate of drug-likeness (QED) is 0.790. The summed E-state index contributed by atoms with van der Waals surface area (Å²) in [6.07, 6.45) is 8.94. The maximum Gasteiger partial charge on any atom is 0.00156 e. The van der Waals surface area contributed by atoms with Crippen molar-refractivity contribution in [2.75, 3.05) is 0 Å². The van der Waals surface area contributed by atoms with E-state index >= 15 is 0 Å². The van der Waals surface area contributed by atoms with Crippen molar-refractivity contribution in [3.05, 3.63) is 0 Å². The molecule has 1 unspecified atom stereocenters. The molecule has 0 aliphatic heterocycles. The van der Waals surface area contributed by atoms with E-state index in [1.54, 1.807) is 32.1 Å². The molecule has 0 heterocycles. The molecule has 1 atom stereocenters. The van der Waals surface area contributed by atoms with Crippen LogP contribution in [0.1, 0.15) is 59.3 Å². The predicted octanol–water partition coefficient (Wildman–Crippen LogP) is 3.82. The van der Waals surface area contributed by atoms with E-state index in [2.05, 4.69) is 20.8 Å². The maximum atomic E-state index is 6.07. The second-order valence-electron chi connectivity index (χ2n) is 8.13. The highest BCUT2D eigenvalue weighted by Gasteiger charge is 2.52. The Balaban J connectivity index is 1.79. The molecule has 2 N–H and O–H groups in total. The lowest BCUT2D eigenvalue weighted by atomic mass is 9.46. The minimum absolute atomic E-state index is 0.363. The molecule has 0 aromatic heterocycles. The summed E-state index contributed by atoms with van der Waals surface area (Å²) in [7, 11) is 0. The number of rotatable bonds is 3. The summed E-state index contributed by atoms with van der Waals surface area (Å²) in [4.78, 5) is 0. The van der Waals surface area contributed by atoms with E-state index in [0.29, 0.717) is 11.5 Å². The fraction of sp³-hybridized carbons (Fsp3) is 1.00. The molecule has 4 saturated carbocycles. The third kappa shape index (κ3) is 2.05. The second kappa shape index (κ2) is 3.98. The van der Waals surface area contributed by atoms with E-state index in [1.807, 2.05) is 0 Å². The normalized spacial score (nSPS) is 46.2. The Morgan fingerprint density at radius 1 is 1.00 bits per heavy atom. The number of hydrogen-bond donors (Lipinski definition) is 1. The highest BCUT2D eigenvalue weighted by Crippen LogP contribution is 2.61. The SMILES string of the molecule is CC(N)CC(C)(C)C1C2CC3CC(C2)CC1C3. The first-order valence-corrected chi connectivity index (χ1v) is 7.71. The van der Waals surface area contributed by atoms with Crippen LogP contribution in [-0.2, 0) is 0 Å². The van der Waals surface area contributed by atoms with E-state index in [-0.39, 0.29) is 0 Å². The van der Waals surface area contributed by atoms with E-state index in [4.69, 9.17) is 5.73 Å². The van der Waals surface area contributed by atoms with Crippen molar-refractivity contribution >= 4 is 0 Å². The molecular formula is C16H29N. The van der Waals surface area contributed by atoms with Crippen molar-refractivity contribution in [2.45, 2.75) is 65.3 Å². The van der Waals surface area contributed by atoms with Crippen LogP contribution in [0.25, 0.3) is 0 Å². The third-order valence-corrected chi connectivity index (χ3v) is 5.98. The average Bonchev–Trinajstić information content (AvgIpc) is 2.11. The van der Waals surface area contributed by atoms with Gasteiger partial charge in [0.2, 0.25) is 0 Å². The molecule has 17 heavy (non-hydrogen) atoms. The molecule has 0 saturated heterocycles. The Hall–Kier alpha value is -0.0400. The molecule has 4 aliphatic rings. The zero-order valence-corrected chi connectivity index (χ0v) is 11.8. The Labute approximate surface area is 107 Å². The van der Waals surface area contributed by atoms with E-state index in [0.717, 1.165) is 29.6 Å². The molecule has 0 aromatic carbocycles. The fourth-order valence-electron chi connectivity index (χ4n) is 6.17. The van der Waals surface area contributed by atoms with Crippen molar-refractivity contribution in [3.63, 3.8) is 0 Å². The first kappa shape index (κ1) is 12.0. The monoisotopic (exact) mass is 235 g/mol. The van der Waals surface area contributed by atoms with Gasteiger partial charge < -0.3 is 5.73 Å². The minimum atomic E-state index is 0.363. The fourth-order valence-corrected chi connectivity index (χ4v) is 6.17. The molecule has 0 aromatic rings. The van der Waals surface area contributed by atoms with Gasteiger partial charge in [-0.05, 0) is 80.5 Å². The van der Waals surface area contributed by atoms with Gasteiger partial charge in [-0.1, -0.05) is 13.8 Å². The molecule has 1 heteroatoms. The summed E-state index contributed by atoms with van der Waals surface area (Å²) >= 11 is 0.